The van der Waals surface area contributed by atoms with Gasteiger partial charge in [0, 0.05) is 35.7 Å². The zero-order chi connectivity index (χ0) is 30.6. The molecule has 0 bridgehead atoms. The maximum atomic E-state index is 16.6. The summed E-state index contributed by atoms with van der Waals surface area (Å²) in [5.41, 5.74) is 0.107. The van der Waals surface area contributed by atoms with E-state index in [2.05, 4.69) is 31.1 Å². The quantitative estimate of drug-likeness (QED) is 0.204. The average Bonchev–Trinajstić information content (AvgIpc) is 3.73. The van der Waals surface area contributed by atoms with E-state index < -0.39 is 23.3 Å². The Labute approximate surface area is 250 Å². The van der Waals surface area contributed by atoms with Crippen LogP contribution in [0, 0.1) is 24.0 Å². The third-order valence-electron chi connectivity index (χ3n) is 8.74. The molecule has 0 spiro atoms. The number of nitrogens with one attached hydrogen (secondary N) is 1. The number of anilines is 1. The summed E-state index contributed by atoms with van der Waals surface area (Å²) in [5.74, 6) is 0.943. The van der Waals surface area contributed by atoms with Gasteiger partial charge >= 0.3 is 6.01 Å². The van der Waals surface area contributed by atoms with Crippen LogP contribution in [0.25, 0.3) is 32.9 Å². The van der Waals surface area contributed by atoms with Gasteiger partial charge in [-0.15, -0.1) is 6.42 Å². The summed E-state index contributed by atoms with van der Waals surface area (Å²) in [5, 5.41) is 14.7. The number of alkyl halides is 1. The molecule has 2 N–H and O–H groups in total. The van der Waals surface area contributed by atoms with Crippen LogP contribution in [0.5, 0.6) is 11.8 Å². The number of rotatable bonds is 7. The predicted octanol–water partition coefficient (Wildman–Crippen LogP) is 6.53. The second-order valence-electron chi connectivity index (χ2n) is 11.5. The van der Waals surface area contributed by atoms with Crippen molar-refractivity contribution in [2.75, 3.05) is 25.0 Å². The highest BCUT2D eigenvalue weighted by molar-refractivity contribution is 6.03. The van der Waals surface area contributed by atoms with Crippen molar-refractivity contribution in [3.8, 4) is 35.4 Å². The lowest BCUT2D eigenvalue weighted by atomic mass is 9.95. The molecule has 2 aromatic carbocycles. The first kappa shape index (κ1) is 28.0. The van der Waals surface area contributed by atoms with Crippen LogP contribution < -0.4 is 10.1 Å². The lowest BCUT2D eigenvalue weighted by molar-refractivity contribution is 0.107. The van der Waals surface area contributed by atoms with Crippen LogP contribution in [-0.2, 0) is 0 Å². The van der Waals surface area contributed by atoms with Crippen LogP contribution in [0.4, 0.5) is 19.0 Å². The number of hydrogen-bond donors (Lipinski definition) is 2. The molecule has 2 aliphatic rings. The maximum Gasteiger partial charge on any atom is 0.319 e. The predicted molar refractivity (Wildman–Crippen MR) is 159 cm³/mol. The van der Waals surface area contributed by atoms with E-state index in [4.69, 9.17) is 15.6 Å². The van der Waals surface area contributed by atoms with Crippen LogP contribution in [0.3, 0.4) is 0 Å². The monoisotopic (exact) mass is 599 g/mol. The van der Waals surface area contributed by atoms with E-state index in [1.54, 1.807) is 18.6 Å². The number of ether oxygens (including phenoxy) is 1. The number of aromatic hydroxyl groups is 1. The molecule has 5 heterocycles. The van der Waals surface area contributed by atoms with Gasteiger partial charge in [-0.05, 0) is 56.0 Å². The van der Waals surface area contributed by atoms with E-state index in [9.17, 15) is 13.9 Å². The summed E-state index contributed by atoms with van der Waals surface area (Å²) in [6.45, 7) is 3.19. The topological polar surface area (TPSA) is 96.5 Å². The Bertz CT molecular complexity index is 1940. The van der Waals surface area contributed by atoms with E-state index in [-0.39, 0.29) is 63.3 Å². The molecule has 11 heteroatoms. The third kappa shape index (κ3) is 4.66. The first-order valence-corrected chi connectivity index (χ1v) is 14.4. The molecular weight excluding hydrogens is 571 g/mol. The summed E-state index contributed by atoms with van der Waals surface area (Å²) in [6.07, 6.45) is 11.3. The zero-order valence-corrected chi connectivity index (χ0v) is 23.8. The van der Waals surface area contributed by atoms with Crippen molar-refractivity contribution in [1.82, 2.24) is 19.9 Å². The van der Waals surface area contributed by atoms with Crippen LogP contribution in [-0.4, -0.2) is 56.4 Å². The van der Waals surface area contributed by atoms with Gasteiger partial charge in [0.2, 0.25) is 0 Å². The summed E-state index contributed by atoms with van der Waals surface area (Å²) in [7, 11) is 0. The molecule has 2 aliphatic heterocycles. The van der Waals surface area contributed by atoms with Gasteiger partial charge in [-0.3, -0.25) is 9.88 Å². The Morgan fingerprint density at radius 2 is 2.14 bits per heavy atom. The maximum absolute atomic E-state index is 16.6. The van der Waals surface area contributed by atoms with Gasteiger partial charge in [0.1, 0.15) is 41.4 Å². The molecule has 3 atom stereocenters. The second-order valence-corrected chi connectivity index (χ2v) is 11.5. The normalized spacial score (nSPS) is 20.6. The number of phenols is 1. The fourth-order valence-corrected chi connectivity index (χ4v) is 6.61. The van der Waals surface area contributed by atoms with Crippen LogP contribution in [0.1, 0.15) is 43.4 Å². The number of nitrogens with zero attached hydrogens (tertiary/aromatic N) is 4. The van der Waals surface area contributed by atoms with Gasteiger partial charge in [-0.1, -0.05) is 12.0 Å². The van der Waals surface area contributed by atoms with Gasteiger partial charge in [0.15, 0.2) is 5.82 Å². The molecule has 2 fully saturated rings. The highest BCUT2D eigenvalue weighted by Gasteiger charge is 2.49. The van der Waals surface area contributed by atoms with Crippen molar-refractivity contribution in [3.63, 3.8) is 0 Å². The highest BCUT2D eigenvalue weighted by atomic mass is 19.1. The third-order valence-corrected chi connectivity index (χ3v) is 8.74. The molecule has 224 valence electrons. The number of halogens is 3. The fourth-order valence-electron chi connectivity index (χ4n) is 6.61. The van der Waals surface area contributed by atoms with Crippen molar-refractivity contribution in [3.05, 3.63) is 71.8 Å². The van der Waals surface area contributed by atoms with Gasteiger partial charge in [0.25, 0.3) is 0 Å². The van der Waals surface area contributed by atoms with Crippen molar-refractivity contribution in [1.29, 1.82) is 0 Å². The second kappa shape index (κ2) is 10.7. The first-order chi connectivity index (χ1) is 21.3. The van der Waals surface area contributed by atoms with Crippen molar-refractivity contribution < 1.29 is 27.4 Å². The molecule has 0 radical (unpaired) electrons. The van der Waals surface area contributed by atoms with E-state index in [1.807, 2.05) is 6.92 Å². The lowest BCUT2D eigenvalue weighted by Crippen LogP contribution is -2.43. The Kier molecular flexibility index (Phi) is 6.81. The van der Waals surface area contributed by atoms with Crippen LogP contribution in [0.15, 0.2) is 53.5 Å². The minimum atomic E-state index is -0.939. The number of aromatic nitrogens is 3. The Balaban J connectivity index is 1.37. The number of phenolic OH excluding ortho intramolecular Hbond substituents is 1. The van der Waals surface area contributed by atoms with Gasteiger partial charge in [0.05, 0.1) is 35.1 Å². The smallest absolute Gasteiger partial charge is 0.319 e. The Morgan fingerprint density at radius 3 is 2.93 bits per heavy atom. The van der Waals surface area contributed by atoms with Gasteiger partial charge in [-0.2, -0.15) is 9.97 Å². The molecular formula is C33H28F3N5O3. The number of fused-ring (bicyclic) bond motifs is 3. The molecule has 7 rings (SSSR count). The van der Waals surface area contributed by atoms with E-state index >= 15 is 4.39 Å². The molecule has 44 heavy (non-hydrogen) atoms. The first-order valence-electron chi connectivity index (χ1n) is 14.4. The van der Waals surface area contributed by atoms with Crippen molar-refractivity contribution >= 4 is 27.5 Å². The van der Waals surface area contributed by atoms with E-state index in [0.29, 0.717) is 18.4 Å². The number of terminal acetylenes is 1. The summed E-state index contributed by atoms with van der Waals surface area (Å²) in [4.78, 5) is 15.5. The molecule has 0 amide bonds. The Hall–Kier alpha value is -4.82. The van der Waals surface area contributed by atoms with Crippen LogP contribution in [0.2, 0.25) is 0 Å². The molecule has 2 saturated heterocycles. The summed E-state index contributed by atoms with van der Waals surface area (Å²) < 4.78 is 57.1. The minimum absolute atomic E-state index is 0.0788. The molecule has 1 unspecified atom stereocenters. The number of pyridine rings is 1. The van der Waals surface area contributed by atoms with Gasteiger partial charge in [-0.25, -0.2) is 13.2 Å². The summed E-state index contributed by atoms with van der Waals surface area (Å²) in [6, 6.07) is 6.78. The zero-order valence-electron chi connectivity index (χ0n) is 23.8. The number of furan rings is 1. The minimum Gasteiger partial charge on any atom is -0.508 e. The Morgan fingerprint density at radius 1 is 1.27 bits per heavy atom. The lowest BCUT2D eigenvalue weighted by Gasteiger charge is -2.30. The standard InChI is InChI=1S/C33H28F3N5O3/c1-3-23-26(35)6-5-19-11-22(42)12-24(27(19)23)29-28(36)30-25(14-37-29)31(38-18(2)20-7-10-43-16-20)40-32(39-30)44-17-33-8-4-9-41(33)15-21(34)13-33/h1,5-7,10-12,14,16,18,21,42H,4,8-9,13,15,17H2,2H3,(H,38,39,40)/t18?,21-,33+/m1/s1. The molecule has 5 aromatic rings. The number of benzene rings is 2. The van der Waals surface area contributed by atoms with Crippen LogP contribution >= 0.6 is 0 Å². The van der Waals surface area contributed by atoms with E-state index in [0.717, 1.165) is 24.9 Å². The van der Waals surface area contributed by atoms with Gasteiger partial charge < -0.3 is 19.6 Å². The molecule has 0 aliphatic carbocycles. The number of hydrogen-bond acceptors (Lipinski definition) is 8. The average molecular weight is 600 g/mol. The molecule has 3 aromatic heterocycles. The molecule has 8 nitrogen and oxygen atoms in total. The fraction of sp³-hybridized carbons (Fsp3) is 0.303. The van der Waals surface area contributed by atoms with E-state index in [1.165, 1.54) is 30.5 Å². The highest BCUT2D eigenvalue weighted by Crippen LogP contribution is 2.41. The molecule has 0 saturated carbocycles. The van der Waals surface area contributed by atoms with Crippen molar-refractivity contribution in [2.24, 2.45) is 0 Å². The van der Waals surface area contributed by atoms with Crippen molar-refractivity contribution in [2.45, 2.75) is 43.9 Å². The largest absolute Gasteiger partial charge is 0.508 e. The SMILES string of the molecule is C#Cc1c(F)ccc2cc(O)cc(-c3ncc4c(NC(C)c5ccoc5)nc(OC[C@@]56CCCN5C[C@H](F)C6)nc4c3F)c12. The summed E-state index contributed by atoms with van der Waals surface area (Å²) >= 11 is 0.